The first-order valence-corrected chi connectivity index (χ1v) is 8.76. The van der Waals surface area contributed by atoms with Crippen LogP contribution in [0.25, 0.3) is 0 Å². The summed E-state index contributed by atoms with van der Waals surface area (Å²) in [4.78, 5) is 0.195. The molecule has 0 aromatic heterocycles. The number of hydrogen-bond donors (Lipinski definition) is 2. The normalized spacial score (nSPS) is 23.2. The largest absolute Gasteiger partial charge is 0.316 e. The molecule has 0 spiro atoms. The Kier molecular flexibility index (Phi) is 5.01. The van der Waals surface area contributed by atoms with E-state index in [4.69, 9.17) is 0 Å². The number of benzene rings is 1. The van der Waals surface area contributed by atoms with Gasteiger partial charge in [0.25, 0.3) is 0 Å². The van der Waals surface area contributed by atoms with E-state index >= 15 is 0 Å². The van der Waals surface area contributed by atoms with Crippen LogP contribution in [-0.2, 0) is 10.0 Å². The zero-order valence-electron chi connectivity index (χ0n) is 12.7. The Hall–Kier alpha value is -0.980. The van der Waals surface area contributed by atoms with Crippen molar-refractivity contribution in [3.05, 3.63) is 29.1 Å². The molecule has 2 N–H and O–H groups in total. The van der Waals surface area contributed by atoms with Crippen molar-refractivity contribution in [3.8, 4) is 0 Å². The van der Waals surface area contributed by atoms with Crippen LogP contribution in [0.15, 0.2) is 17.0 Å². The molecule has 21 heavy (non-hydrogen) atoms. The van der Waals surface area contributed by atoms with Crippen LogP contribution in [0.5, 0.6) is 0 Å². The molecule has 0 aliphatic carbocycles. The summed E-state index contributed by atoms with van der Waals surface area (Å²) in [5.74, 6) is 0.369. The van der Waals surface area contributed by atoms with Crippen molar-refractivity contribution >= 4 is 10.0 Å². The molecule has 0 saturated carbocycles. The Labute approximate surface area is 126 Å². The first kappa shape index (κ1) is 16.4. The Bertz CT molecular complexity index is 593. The molecule has 1 fully saturated rings. The van der Waals surface area contributed by atoms with Crippen LogP contribution >= 0.6 is 0 Å². The monoisotopic (exact) mass is 314 g/mol. The maximum atomic E-state index is 13.3. The molecule has 2 rings (SSSR count). The summed E-state index contributed by atoms with van der Waals surface area (Å²) in [5, 5.41) is 3.29. The second-order valence-electron chi connectivity index (χ2n) is 5.95. The van der Waals surface area contributed by atoms with E-state index in [9.17, 15) is 12.8 Å². The average molecular weight is 314 g/mol. The number of piperidine rings is 1. The lowest BCUT2D eigenvalue weighted by Gasteiger charge is -2.29. The third-order valence-corrected chi connectivity index (χ3v) is 5.95. The van der Waals surface area contributed by atoms with E-state index in [1.165, 1.54) is 12.1 Å². The van der Waals surface area contributed by atoms with Gasteiger partial charge >= 0.3 is 0 Å². The third kappa shape index (κ3) is 3.81. The van der Waals surface area contributed by atoms with Gasteiger partial charge in [-0.15, -0.1) is 0 Å². The predicted octanol–water partition coefficient (Wildman–Crippen LogP) is 1.97. The fourth-order valence-corrected chi connectivity index (χ4v) is 4.48. The van der Waals surface area contributed by atoms with E-state index < -0.39 is 15.8 Å². The van der Waals surface area contributed by atoms with Gasteiger partial charge in [-0.1, -0.05) is 6.92 Å². The lowest BCUT2D eigenvalue weighted by molar-refractivity contribution is 0.275. The smallest absolute Gasteiger partial charge is 0.241 e. The van der Waals surface area contributed by atoms with Crippen molar-refractivity contribution in [1.29, 1.82) is 0 Å². The SMILES string of the molecule is Cc1cc(F)cc(C)c1S(=O)(=O)NCC1CNCCC1C. The highest BCUT2D eigenvalue weighted by atomic mass is 32.2. The minimum Gasteiger partial charge on any atom is -0.316 e. The van der Waals surface area contributed by atoms with Gasteiger partial charge in [0.1, 0.15) is 5.82 Å². The molecular formula is C15H23FN2O2S. The molecule has 1 heterocycles. The van der Waals surface area contributed by atoms with Crippen LogP contribution in [0.4, 0.5) is 4.39 Å². The van der Waals surface area contributed by atoms with E-state index in [2.05, 4.69) is 17.0 Å². The first-order chi connectivity index (χ1) is 9.81. The molecule has 1 saturated heterocycles. The lowest BCUT2D eigenvalue weighted by atomic mass is 9.88. The van der Waals surface area contributed by atoms with Crippen LogP contribution in [0, 0.1) is 31.5 Å². The Morgan fingerprint density at radius 2 is 1.95 bits per heavy atom. The molecule has 1 aliphatic heterocycles. The fraction of sp³-hybridized carbons (Fsp3) is 0.600. The van der Waals surface area contributed by atoms with Crippen LogP contribution < -0.4 is 10.0 Å². The summed E-state index contributed by atoms with van der Waals surface area (Å²) in [7, 11) is -3.61. The first-order valence-electron chi connectivity index (χ1n) is 7.28. The summed E-state index contributed by atoms with van der Waals surface area (Å²) < 4.78 is 40.9. The molecule has 1 aliphatic rings. The van der Waals surface area contributed by atoms with Gasteiger partial charge in [-0.25, -0.2) is 17.5 Å². The molecule has 2 atom stereocenters. The van der Waals surface area contributed by atoms with Crippen LogP contribution in [-0.4, -0.2) is 28.1 Å². The highest BCUT2D eigenvalue weighted by Gasteiger charge is 2.25. The minimum absolute atomic E-state index is 0.195. The molecule has 118 valence electrons. The number of halogens is 1. The predicted molar refractivity (Wildman–Crippen MR) is 81.2 cm³/mol. The molecule has 6 heteroatoms. The van der Waals surface area contributed by atoms with Crippen LogP contribution in [0.1, 0.15) is 24.5 Å². The summed E-state index contributed by atoms with van der Waals surface area (Å²) in [6.45, 7) is 7.61. The summed E-state index contributed by atoms with van der Waals surface area (Å²) >= 11 is 0. The lowest BCUT2D eigenvalue weighted by Crippen LogP contribution is -2.42. The zero-order valence-corrected chi connectivity index (χ0v) is 13.6. The van der Waals surface area contributed by atoms with Gasteiger partial charge < -0.3 is 5.32 Å². The van der Waals surface area contributed by atoms with Crippen LogP contribution in [0.3, 0.4) is 0 Å². The molecule has 0 amide bonds. The van der Waals surface area contributed by atoms with E-state index in [0.29, 0.717) is 23.6 Å². The number of rotatable bonds is 4. The van der Waals surface area contributed by atoms with E-state index in [-0.39, 0.29) is 10.8 Å². The standard InChI is InChI=1S/C15H23FN2O2S/c1-10-4-5-17-8-13(10)9-18-21(19,20)15-11(2)6-14(16)7-12(15)3/h6-7,10,13,17-18H,4-5,8-9H2,1-3H3. The summed E-state index contributed by atoms with van der Waals surface area (Å²) in [5.41, 5.74) is 0.879. The quantitative estimate of drug-likeness (QED) is 0.893. The van der Waals surface area contributed by atoms with Gasteiger partial charge in [0, 0.05) is 6.54 Å². The Morgan fingerprint density at radius 1 is 1.33 bits per heavy atom. The highest BCUT2D eigenvalue weighted by Crippen LogP contribution is 2.22. The highest BCUT2D eigenvalue weighted by molar-refractivity contribution is 7.89. The molecule has 1 aromatic carbocycles. The van der Waals surface area contributed by atoms with Gasteiger partial charge in [-0.2, -0.15) is 0 Å². The fourth-order valence-electron chi connectivity index (χ4n) is 2.94. The van der Waals surface area contributed by atoms with Gasteiger partial charge in [0.2, 0.25) is 10.0 Å². The summed E-state index contributed by atoms with van der Waals surface area (Å²) in [6.07, 6.45) is 1.06. The van der Waals surface area contributed by atoms with E-state index in [1.807, 2.05) is 0 Å². The van der Waals surface area contributed by atoms with Crippen molar-refractivity contribution in [2.75, 3.05) is 19.6 Å². The Balaban J connectivity index is 2.15. The molecule has 0 bridgehead atoms. The number of nitrogens with one attached hydrogen (secondary N) is 2. The molecule has 0 radical (unpaired) electrons. The maximum absolute atomic E-state index is 13.3. The van der Waals surface area contributed by atoms with E-state index in [1.54, 1.807) is 13.8 Å². The van der Waals surface area contributed by atoms with Crippen LogP contribution in [0.2, 0.25) is 0 Å². The van der Waals surface area contributed by atoms with E-state index in [0.717, 1.165) is 19.5 Å². The van der Waals surface area contributed by atoms with Gasteiger partial charge in [-0.3, -0.25) is 0 Å². The van der Waals surface area contributed by atoms with Gasteiger partial charge in [0.05, 0.1) is 4.90 Å². The average Bonchev–Trinajstić information content (AvgIpc) is 2.36. The van der Waals surface area contributed by atoms with Gasteiger partial charge in [0.15, 0.2) is 0 Å². The van der Waals surface area contributed by atoms with Crippen molar-refractivity contribution in [3.63, 3.8) is 0 Å². The molecule has 4 nitrogen and oxygen atoms in total. The number of hydrogen-bond acceptors (Lipinski definition) is 3. The van der Waals surface area contributed by atoms with Gasteiger partial charge in [-0.05, 0) is 68.5 Å². The zero-order chi connectivity index (χ0) is 15.6. The third-order valence-electron chi connectivity index (χ3n) is 4.22. The Morgan fingerprint density at radius 3 is 2.52 bits per heavy atom. The maximum Gasteiger partial charge on any atom is 0.241 e. The molecule has 2 unspecified atom stereocenters. The second kappa shape index (κ2) is 6.42. The molecule has 1 aromatic rings. The van der Waals surface area contributed by atoms with Crippen molar-refractivity contribution < 1.29 is 12.8 Å². The molecular weight excluding hydrogens is 291 g/mol. The van der Waals surface area contributed by atoms with Crippen molar-refractivity contribution in [2.45, 2.75) is 32.1 Å². The topological polar surface area (TPSA) is 58.2 Å². The second-order valence-corrected chi connectivity index (χ2v) is 7.65. The number of sulfonamides is 1. The number of aryl methyl sites for hydroxylation is 2. The van der Waals surface area contributed by atoms with Crippen molar-refractivity contribution in [1.82, 2.24) is 10.0 Å². The summed E-state index contributed by atoms with van der Waals surface area (Å²) in [6, 6.07) is 2.51. The minimum atomic E-state index is -3.61. The van der Waals surface area contributed by atoms with Crippen molar-refractivity contribution in [2.24, 2.45) is 11.8 Å².